The zero-order chi connectivity index (χ0) is 54.6. The van der Waals surface area contributed by atoms with Crippen molar-refractivity contribution in [3.05, 3.63) is 330 Å². The SMILES string of the molecule is N#Cc1ccc(/C=C/c2ccc(/C=C/c3ccccc3C#N)cc2)cc1.[C-]#[N+]c1ccccc1/C=C/c1ccc(/C=C/c2cccc(C#N)c2)cc1.[C-]#[N+]c1ccccc1/C=C/c1ccc(/C=C/c2ccccc2C#N)cc1. The number of hydrogen-bond donors (Lipinski definition) is 0. The summed E-state index contributed by atoms with van der Waals surface area (Å²) < 4.78 is 0. The van der Waals surface area contributed by atoms with E-state index in [4.69, 9.17) is 34.2 Å². The molecule has 0 saturated heterocycles. The summed E-state index contributed by atoms with van der Waals surface area (Å²) >= 11 is 0. The molecule has 0 heterocycles. The predicted octanol–water partition coefficient (Wildman–Crippen LogP) is 18.7. The minimum atomic E-state index is 0.652. The lowest BCUT2D eigenvalue weighted by Gasteiger charge is -1.99. The summed E-state index contributed by atoms with van der Waals surface area (Å²) in [7, 11) is 0. The van der Waals surface area contributed by atoms with Gasteiger partial charge in [0.15, 0.2) is 11.4 Å². The Morgan fingerprint density at radius 2 is 0.551 bits per heavy atom. The van der Waals surface area contributed by atoms with Crippen LogP contribution < -0.4 is 0 Å². The first-order valence-electron chi connectivity index (χ1n) is 24.7. The molecule has 9 aromatic rings. The summed E-state index contributed by atoms with van der Waals surface area (Å²) in [6.07, 6.45) is 23.9. The van der Waals surface area contributed by atoms with Gasteiger partial charge in [-0.05, 0) is 103 Å². The van der Waals surface area contributed by atoms with Gasteiger partial charge >= 0.3 is 0 Å². The van der Waals surface area contributed by atoms with Gasteiger partial charge < -0.3 is 0 Å². The van der Waals surface area contributed by atoms with Crippen molar-refractivity contribution in [2.24, 2.45) is 0 Å². The fourth-order valence-electron chi connectivity index (χ4n) is 7.61. The Hall–Kier alpha value is -11.6. The molecule has 0 atom stereocenters. The molecular formula is C72H48N6. The third kappa shape index (κ3) is 16.7. The van der Waals surface area contributed by atoms with Gasteiger partial charge in [-0.25, -0.2) is 9.69 Å². The Bertz CT molecular complexity index is 3850. The monoisotopic (exact) mass is 996 g/mol. The Kier molecular flexibility index (Phi) is 20.2. The third-order valence-corrected chi connectivity index (χ3v) is 11.9. The zero-order valence-electron chi connectivity index (χ0n) is 42.4. The highest BCUT2D eigenvalue weighted by Crippen LogP contribution is 2.24. The lowest BCUT2D eigenvalue weighted by atomic mass is 10.1. The first-order chi connectivity index (χ1) is 38.4. The Balaban J connectivity index is 0.000000170. The number of nitriles is 4. The van der Waals surface area contributed by atoms with Crippen LogP contribution in [-0.2, 0) is 0 Å². The van der Waals surface area contributed by atoms with E-state index in [-0.39, 0.29) is 0 Å². The van der Waals surface area contributed by atoms with Crippen LogP contribution in [0.5, 0.6) is 0 Å². The smallest absolute Gasteiger partial charge is 0.194 e. The van der Waals surface area contributed by atoms with Crippen molar-refractivity contribution in [1.29, 1.82) is 21.0 Å². The second kappa shape index (κ2) is 29.2. The maximum atomic E-state index is 9.13. The first kappa shape index (κ1) is 54.1. The quantitative estimate of drug-likeness (QED) is 0.0898. The molecule has 0 N–H and O–H groups in total. The molecule has 0 spiro atoms. The van der Waals surface area contributed by atoms with E-state index in [0.717, 1.165) is 66.8 Å². The van der Waals surface area contributed by atoms with E-state index in [1.165, 1.54) is 0 Å². The molecule has 0 aliphatic rings. The van der Waals surface area contributed by atoms with Gasteiger partial charge in [0.2, 0.25) is 0 Å². The molecule has 366 valence electrons. The minimum Gasteiger partial charge on any atom is -0.238 e. The Labute approximate surface area is 457 Å². The molecular weight excluding hydrogens is 949 g/mol. The lowest BCUT2D eigenvalue weighted by molar-refractivity contribution is 1.47. The number of nitrogens with zero attached hydrogens (tertiary/aromatic N) is 6. The highest BCUT2D eigenvalue weighted by molar-refractivity contribution is 5.80. The highest BCUT2D eigenvalue weighted by atomic mass is 14.6. The second-order valence-corrected chi connectivity index (χ2v) is 17.2. The molecule has 0 aliphatic heterocycles. The summed E-state index contributed by atoms with van der Waals surface area (Å²) in [4.78, 5) is 7.06. The molecule has 6 nitrogen and oxygen atoms in total. The molecule has 0 aromatic heterocycles. The van der Waals surface area contributed by atoms with Crippen LogP contribution in [0.2, 0.25) is 0 Å². The van der Waals surface area contributed by atoms with Gasteiger partial charge in [-0.3, -0.25) is 0 Å². The van der Waals surface area contributed by atoms with Crippen LogP contribution in [0.15, 0.2) is 218 Å². The average molecular weight is 997 g/mol. The van der Waals surface area contributed by atoms with Crippen LogP contribution in [0, 0.1) is 58.5 Å². The van der Waals surface area contributed by atoms with Crippen molar-refractivity contribution < 1.29 is 0 Å². The molecule has 0 amide bonds. The van der Waals surface area contributed by atoms with E-state index in [1.54, 1.807) is 6.07 Å². The predicted molar refractivity (Wildman–Crippen MR) is 323 cm³/mol. The molecule has 0 unspecified atom stereocenters. The molecule has 9 aromatic carbocycles. The van der Waals surface area contributed by atoms with Gasteiger partial charge in [0.05, 0.1) is 59.7 Å². The maximum Gasteiger partial charge on any atom is 0.194 e. The van der Waals surface area contributed by atoms with Gasteiger partial charge in [-0.15, -0.1) is 0 Å². The number of rotatable bonds is 12. The summed E-state index contributed by atoms with van der Waals surface area (Å²) in [6.45, 7) is 14.4. The fraction of sp³-hybridized carbons (Fsp3) is 0. The fourth-order valence-corrected chi connectivity index (χ4v) is 7.61. The van der Waals surface area contributed by atoms with Crippen molar-refractivity contribution in [2.75, 3.05) is 0 Å². The van der Waals surface area contributed by atoms with Gasteiger partial charge in [0.25, 0.3) is 0 Å². The van der Waals surface area contributed by atoms with Crippen LogP contribution in [0.3, 0.4) is 0 Å². The topological polar surface area (TPSA) is 104 Å². The third-order valence-electron chi connectivity index (χ3n) is 11.9. The van der Waals surface area contributed by atoms with Crippen molar-refractivity contribution in [2.45, 2.75) is 0 Å². The van der Waals surface area contributed by atoms with Crippen molar-refractivity contribution in [3.63, 3.8) is 0 Å². The van der Waals surface area contributed by atoms with Crippen LogP contribution in [0.25, 0.3) is 82.6 Å². The molecule has 9 rings (SSSR count). The molecule has 0 saturated carbocycles. The Morgan fingerprint density at radius 3 is 0.897 bits per heavy atom. The molecule has 0 fully saturated rings. The number of hydrogen-bond acceptors (Lipinski definition) is 4. The summed E-state index contributed by atoms with van der Waals surface area (Å²) in [5.74, 6) is 0. The van der Waals surface area contributed by atoms with Crippen LogP contribution in [0.4, 0.5) is 11.4 Å². The van der Waals surface area contributed by atoms with Crippen molar-refractivity contribution in [1.82, 2.24) is 0 Å². The molecule has 0 radical (unpaired) electrons. The summed E-state index contributed by atoms with van der Waals surface area (Å²) in [5.41, 5.74) is 16.2. The standard InChI is InChI=1S/3C24H16N2/c1-26-24-8-3-2-7-23(24)16-15-20-11-9-19(10-12-20)13-14-21-5-4-6-22(17-21)18-25;1-26-24-9-5-4-7-22(24)17-15-20-12-10-19(11-13-20)14-16-21-6-2-3-8-23(21)18-25;25-17-22-13-11-20(12-14-22)6-5-19-7-9-21(10-8-19)15-16-23-3-1-2-4-24(23)18-26/h2*2-17H;1-16H/b14-13+,16-15+;16-14+,17-15+;6-5+,16-15+. The largest absolute Gasteiger partial charge is 0.238 e. The highest BCUT2D eigenvalue weighted by Gasteiger charge is 2.01. The first-order valence-corrected chi connectivity index (χ1v) is 24.7. The van der Waals surface area contributed by atoms with Gasteiger partial charge in [0.1, 0.15) is 0 Å². The summed E-state index contributed by atoms with van der Waals surface area (Å²) in [5, 5.41) is 36.0. The zero-order valence-corrected chi connectivity index (χ0v) is 42.4. The van der Waals surface area contributed by atoms with E-state index in [1.807, 2.05) is 273 Å². The van der Waals surface area contributed by atoms with Gasteiger partial charge in [-0.2, -0.15) is 21.0 Å². The van der Waals surface area contributed by atoms with Crippen LogP contribution in [0.1, 0.15) is 89.0 Å². The average Bonchev–Trinajstić information content (AvgIpc) is 3.51. The van der Waals surface area contributed by atoms with E-state index in [9.17, 15) is 0 Å². The lowest BCUT2D eigenvalue weighted by Crippen LogP contribution is -1.80. The van der Waals surface area contributed by atoms with Gasteiger partial charge in [-0.1, -0.05) is 255 Å². The Morgan fingerprint density at radius 1 is 0.256 bits per heavy atom. The number of benzene rings is 9. The van der Waals surface area contributed by atoms with Crippen molar-refractivity contribution in [3.8, 4) is 24.3 Å². The molecule has 78 heavy (non-hydrogen) atoms. The molecule has 6 heteroatoms. The number of para-hydroxylation sites is 2. The second-order valence-electron chi connectivity index (χ2n) is 17.2. The van der Waals surface area contributed by atoms with Crippen LogP contribution >= 0.6 is 0 Å². The van der Waals surface area contributed by atoms with Crippen molar-refractivity contribution >= 4 is 84.3 Å². The van der Waals surface area contributed by atoms with E-state index in [0.29, 0.717) is 33.6 Å². The minimum absolute atomic E-state index is 0.652. The summed E-state index contributed by atoms with van der Waals surface area (Å²) in [6, 6.07) is 78.4. The molecule has 0 bridgehead atoms. The van der Waals surface area contributed by atoms with Crippen LogP contribution in [-0.4, -0.2) is 0 Å². The van der Waals surface area contributed by atoms with E-state index in [2.05, 4.69) is 46.1 Å². The maximum absolute atomic E-state index is 9.13. The van der Waals surface area contributed by atoms with E-state index < -0.39 is 0 Å². The van der Waals surface area contributed by atoms with E-state index >= 15 is 0 Å². The molecule has 0 aliphatic carbocycles. The van der Waals surface area contributed by atoms with Gasteiger partial charge in [0, 0.05) is 0 Å². The normalized spacial score (nSPS) is 10.7.